The van der Waals surface area contributed by atoms with Crippen molar-refractivity contribution in [3.05, 3.63) is 47.8 Å². The zero-order valence-electron chi connectivity index (χ0n) is 24.0. The van der Waals surface area contributed by atoms with Crippen molar-refractivity contribution < 1.29 is 19.1 Å². The summed E-state index contributed by atoms with van der Waals surface area (Å²) in [6.45, 7) is 5.45. The average Bonchev–Trinajstić information content (AvgIpc) is 3.40. The molecule has 0 aliphatic carbocycles. The topological polar surface area (TPSA) is 112 Å². The lowest BCUT2D eigenvalue weighted by atomic mass is 10.2. The van der Waals surface area contributed by atoms with E-state index in [-0.39, 0.29) is 11.8 Å². The summed E-state index contributed by atoms with van der Waals surface area (Å²) in [4.78, 5) is 31.8. The van der Waals surface area contributed by atoms with Crippen molar-refractivity contribution in [3.63, 3.8) is 0 Å². The highest BCUT2D eigenvalue weighted by Crippen LogP contribution is 2.24. The summed E-state index contributed by atoms with van der Waals surface area (Å²) in [5, 5.41) is 5.68. The van der Waals surface area contributed by atoms with Crippen LogP contribution < -0.4 is 20.1 Å². The summed E-state index contributed by atoms with van der Waals surface area (Å²) in [5.74, 6) is 1.20. The Balaban J connectivity index is 1.17. The first-order chi connectivity index (χ1) is 19.3. The number of rotatable bonds is 15. The molecule has 4 rings (SSSR count). The Labute approximate surface area is 235 Å². The predicted octanol–water partition coefficient (Wildman–Crippen LogP) is 3.84. The number of carbonyl (C=O) groups is 2. The molecule has 4 aromatic rings. The second-order valence-electron chi connectivity index (χ2n) is 10.1. The van der Waals surface area contributed by atoms with Crippen LogP contribution in [0.5, 0.6) is 11.8 Å². The summed E-state index contributed by atoms with van der Waals surface area (Å²) >= 11 is 0. The Bertz CT molecular complexity index is 1350. The molecule has 0 spiro atoms. The molecule has 0 aromatic carbocycles. The van der Waals surface area contributed by atoms with Gasteiger partial charge in [0.05, 0.1) is 35.3 Å². The number of hydrogen-bond donors (Lipinski definition) is 2. The van der Waals surface area contributed by atoms with E-state index in [1.165, 1.54) is 13.8 Å². The Hall–Kier alpha value is -4.08. The van der Waals surface area contributed by atoms with Crippen molar-refractivity contribution in [2.24, 2.45) is 14.1 Å². The monoisotopic (exact) mass is 548 g/mol. The maximum atomic E-state index is 11.2. The van der Waals surface area contributed by atoms with Crippen LogP contribution in [0, 0.1) is 0 Å². The number of pyridine rings is 2. The average molecular weight is 549 g/mol. The molecule has 214 valence electrons. The van der Waals surface area contributed by atoms with Crippen molar-refractivity contribution >= 4 is 33.9 Å². The van der Waals surface area contributed by atoms with Crippen LogP contribution in [0.3, 0.4) is 0 Å². The number of aryl methyl sites for hydroxylation is 2. The van der Waals surface area contributed by atoms with Crippen molar-refractivity contribution in [2.45, 2.75) is 52.4 Å². The number of aromatic nitrogens is 4. The van der Waals surface area contributed by atoms with Crippen LogP contribution in [0.2, 0.25) is 0 Å². The molecule has 0 bridgehead atoms. The fourth-order valence-electron chi connectivity index (χ4n) is 4.82. The van der Waals surface area contributed by atoms with E-state index >= 15 is 0 Å². The van der Waals surface area contributed by atoms with E-state index in [9.17, 15) is 9.59 Å². The summed E-state index contributed by atoms with van der Waals surface area (Å²) < 4.78 is 16.0. The highest BCUT2D eigenvalue weighted by Gasteiger charge is 2.11. The first-order valence-corrected chi connectivity index (χ1v) is 14.0. The van der Waals surface area contributed by atoms with Gasteiger partial charge in [-0.3, -0.25) is 9.59 Å². The van der Waals surface area contributed by atoms with Gasteiger partial charge >= 0.3 is 0 Å². The molecule has 0 atom stereocenters. The van der Waals surface area contributed by atoms with Crippen molar-refractivity contribution in [1.82, 2.24) is 29.7 Å². The summed E-state index contributed by atoms with van der Waals surface area (Å²) in [6, 6.07) is 7.89. The third kappa shape index (κ3) is 7.74. The van der Waals surface area contributed by atoms with Gasteiger partial charge in [0.25, 0.3) is 0 Å². The third-order valence-corrected chi connectivity index (χ3v) is 6.84. The van der Waals surface area contributed by atoms with E-state index in [0.717, 1.165) is 71.7 Å². The minimum atomic E-state index is -0.0284. The van der Waals surface area contributed by atoms with Crippen LogP contribution >= 0.6 is 0 Å². The molecule has 0 saturated heterocycles. The number of unbranched alkanes of at least 4 members (excludes halogenated alkanes) is 3. The van der Waals surface area contributed by atoms with Crippen molar-refractivity contribution in [2.75, 3.05) is 26.3 Å². The van der Waals surface area contributed by atoms with Gasteiger partial charge in [-0.1, -0.05) is 0 Å². The van der Waals surface area contributed by atoms with Gasteiger partial charge < -0.3 is 29.2 Å². The van der Waals surface area contributed by atoms with E-state index in [1.54, 1.807) is 0 Å². The molecule has 0 radical (unpaired) electrons. The number of ether oxygens (including phenoxy) is 2. The van der Waals surface area contributed by atoms with E-state index in [0.29, 0.717) is 38.1 Å². The number of nitrogens with zero attached hydrogens (tertiary/aromatic N) is 4. The smallest absolute Gasteiger partial charge is 0.216 e. The zero-order valence-corrected chi connectivity index (χ0v) is 24.0. The van der Waals surface area contributed by atoms with Crippen LogP contribution in [-0.2, 0) is 36.5 Å². The molecule has 0 saturated carbocycles. The summed E-state index contributed by atoms with van der Waals surface area (Å²) in [7, 11) is 4.00. The molecule has 4 aromatic heterocycles. The van der Waals surface area contributed by atoms with Crippen molar-refractivity contribution in [1.29, 1.82) is 0 Å². The Morgan fingerprint density at radius 2 is 1.12 bits per heavy atom. The molecule has 4 heterocycles. The maximum absolute atomic E-state index is 11.2. The predicted molar refractivity (Wildman–Crippen MR) is 156 cm³/mol. The molecule has 2 N–H and O–H groups in total. The number of amides is 2. The maximum Gasteiger partial charge on any atom is 0.216 e. The standard InChI is InChI=1S/C30H40N6O4/c1-21(37)31-15-13-23-19-35(3)25-9-11-27(33-29(23)25)39-17-7-5-6-8-18-40-28-12-10-26-30(34-28)24(20-36(26)4)14-16-32-22(2)38/h9-12,19-20H,5-8,13-18H2,1-4H3,(H,31,37)(H,32,38). The molecule has 0 aliphatic heterocycles. The van der Waals surface area contributed by atoms with Gasteiger partial charge in [-0.2, -0.15) is 0 Å². The van der Waals surface area contributed by atoms with Gasteiger partial charge in [0.2, 0.25) is 23.6 Å². The largest absolute Gasteiger partial charge is 0.478 e. The first kappa shape index (κ1) is 28.9. The lowest BCUT2D eigenvalue weighted by Gasteiger charge is -2.08. The van der Waals surface area contributed by atoms with Crippen LogP contribution in [0.25, 0.3) is 22.1 Å². The van der Waals surface area contributed by atoms with Gasteiger partial charge in [0.15, 0.2) is 0 Å². The normalized spacial score (nSPS) is 11.2. The lowest BCUT2D eigenvalue weighted by Crippen LogP contribution is -2.22. The van der Waals surface area contributed by atoms with Gasteiger partial charge in [-0.05, 0) is 61.8 Å². The minimum Gasteiger partial charge on any atom is -0.478 e. The highest BCUT2D eigenvalue weighted by molar-refractivity contribution is 5.81. The molecule has 10 nitrogen and oxygen atoms in total. The summed E-state index contributed by atoms with van der Waals surface area (Å²) in [5.41, 5.74) is 6.13. The van der Waals surface area contributed by atoms with Gasteiger partial charge in [0, 0.05) is 65.6 Å². The first-order valence-electron chi connectivity index (χ1n) is 14.0. The number of fused-ring (bicyclic) bond motifs is 2. The third-order valence-electron chi connectivity index (χ3n) is 6.84. The number of carbonyl (C=O) groups excluding carboxylic acids is 2. The molecule has 0 aliphatic rings. The fraction of sp³-hybridized carbons (Fsp3) is 0.467. The van der Waals surface area contributed by atoms with Crippen LogP contribution in [0.15, 0.2) is 36.7 Å². The Morgan fingerprint density at radius 1 is 0.700 bits per heavy atom. The second-order valence-corrected chi connectivity index (χ2v) is 10.1. The van der Waals surface area contributed by atoms with Crippen LogP contribution in [-0.4, -0.2) is 57.2 Å². The quantitative estimate of drug-likeness (QED) is 0.218. The molecular formula is C30H40N6O4. The SMILES string of the molecule is CC(=O)NCCc1cn(C)c2ccc(OCCCCCCOc3ccc4c(n3)c(CCNC(C)=O)cn4C)nc12. The van der Waals surface area contributed by atoms with Crippen LogP contribution in [0.4, 0.5) is 0 Å². The Morgan fingerprint density at radius 3 is 1.52 bits per heavy atom. The minimum absolute atomic E-state index is 0.0284. The van der Waals surface area contributed by atoms with E-state index in [2.05, 4.69) is 32.2 Å². The number of hydrogen-bond acceptors (Lipinski definition) is 6. The molecular weight excluding hydrogens is 508 g/mol. The molecule has 10 heteroatoms. The second kappa shape index (κ2) is 13.8. The number of nitrogens with one attached hydrogen (secondary N) is 2. The molecule has 0 fully saturated rings. The van der Waals surface area contributed by atoms with E-state index in [4.69, 9.17) is 19.4 Å². The van der Waals surface area contributed by atoms with E-state index < -0.39 is 0 Å². The Kier molecular flexibility index (Phi) is 9.99. The van der Waals surface area contributed by atoms with Gasteiger partial charge in [-0.25, -0.2) is 9.97 Å². The molecule has 2 amide bonds. The van der Waals surface area contributed by atoms with Crippen molar-refractivity contribution in [3.8, 4) is 11.8 Å². The highest BCUT2D eigenvalue weighted by atomic mass is 16.5. The fourth-order valence-corrected chi connectivity index (χ4v) is 4.82. The van der Waals surface area contributed by atoms with Gasteiger partial charge in [0.1, 0.15) is 0 Å². The van der Waals surface area contributed by atoms with Crippen LogP contribution in [0.1, 0.15) is 50.7 Å². The van der Waals surface area contributed by atoms with Gasteiger partial charge in [-0.15, -0.1) is 0 Å². The van der Waals surface area contributed by atoms with E-state index in [1.807, 2.05) is 38.4 Å². The summed E-state index contributed by atoms with van der Waals surface area (Å²) in [6.07, 6.45) is 9.53. The molecule has 0 unspecified atom stereocenters. The zero-order chi connectivity index (χ0) is 28.5. The molecule has 40 heavy (non-hydrogen) atoms. The lowest BCUT2D eigenvalue weighted by molar-refractivity contribution is -0.119.